The number of rotatable bonds is 5. The SMILES string of the molecule is CC(NCc1noc(C2CC2)n1)c1ccc2c(c1)NC(=O)CO2. The summed E-state index contributed by atoms with van der Waals surface area (Å²) in [4.78, 5) is 15.8. The smallest absolute Gasteiger partial charge is 0.262 e. The zero-order valence-corrected chi connectivity index (χ0v) is 12.8. The molecule has 120 valence electrons. The maximum absolute atomic E-state index is 11.4. The van der Waals surface area contributed by atoms with E-state index in [1.54, 1.807) is 0 Å². The Morgan fingerprint density at radius 1 is 1.43 bits per heavy atom. The molecule has 2 aromatic rings. The Morgan fingerprint density at radius 2 is 2.30 bits per heavy atom. The van der Waals surface area contributed by atoms with E-state index in [2.05, 4.69) is 27.7 Å². The van der Waals surface area contributed by atoms with Crippen LogP contribution in [0.15, 0.2) is 22.7 Å². The van der Waals surface area contributed by atoms with Gasteiger partial charge in [0.2, 0.25) is 5.89 Å². The standard InChI is InChI=1S/C16H18N4O3/c1-9(17-7-14-19-16(23-20-14)10-2-3-10)11-4-5-13-12(6-11)18-15(21)8-22-13/h4-6,9-10,17H,2-3,7-8H2,1H3,(H,18,21). The molecule has 0 saturated heterocycles. The predicted molar refractivity (Wildman–Crippen MR) is 82.1 cm³/mol. The van der Waals surface area contributed by atoms with Gasteiger partial charge in [-0.3, -0.25) is 4.79 Å². The molecule has 2 heterocycles. The summed E-state index contributed by atoms with van der Waals surface area (Å²) in [5.74, 6) is 2.47. The second-order valence-corrected chi connectivity index (χ2v) is 6.02. The lowest BCUT2D eigenvalue weighted by atomic mass is 10.1. The van der Waals surface area contributed by atoms with E-state index in [4.69, 9.17) is 9.26 Å². The number of fused-ring (bicyclic) bond motifs is 1. The van der Waals surface area contributed by atoms with Crippen LogP contribution >= 0.6 is 0 Å². The van der Waals surface area contributed by atoms with Crippen LogP contribution in [0.2, 0.25) is 0 Å². The van der Waals surface area contributed by atoms with Crippen molar-refractivity contribution in [3.05, 3.63) is 35.5 Å². The summed E-state index contributed by atoms with van der Waals surface area (Å²) in [6, 6.07) is 5.87. The lowest BCUT2D eigenvalue weighted by molar-refractivity contribution is -0.118. The third kappa shape index (κ3) is 3.05. The van der Waals surface area contributed by atoms with Crippen LogP contribution in [0.3, 0.4) is 0 Å². The molecule has 1 aromatic carbocycles. The van der Waals surface area contributed by atoms with E-state index in [1.165, 1.54) is 0 Å². The van der Waals surface area contributed by atoms with Crippen LogP contribution in [-0.4, -0.2) is 22.7 Å². The largest absolute Gasteiger partial charge is 0.482 e. The lowest BCUT2D eigenvalue weighted by Crippen LogP contribution is -2.26. The molecular weight excluding hydrogens is 296 g/mol. The number of carbonyl (C=O) groups is 1. The highest BCUT2D eigenvalue weighted by molar-refractivity contribution is 5.95. The normalized spacial score (nSPS) is 18.0. The van der Waals surface area contributed by atoms with Crippen molar-refractivity contribution in [2.24, 2.45) is 0 Å². The quantitative estimate of drug-likeness (QED) is 0.879. The van der Waals surface area contributed by atoms with Gasteiger partial charge in [-0.2, -0.15) is 4.98 Å². The van der Waals surface area contributed by atoms with E-state index in [0.717, 1.165) is 24.3 Å². The Morgan fingerprint density at radius 3 is 3.13 bits per heavy atom. The number of nitrogens with zero attached hydrogens (tertiary/aromatic N) is 2. The molecule has 1 amide bonds. The Labute approximate surface area is 133 Å². The van der Waals surface area contributed by atoms with Gasteiger partial charge >= 0.3 is 0 Å². The molecule has 2 N–H and O–H groups in total. The topological polar surface area (TPSA) is 89.3 Å². The average Bonchev–Trinajstić information content (AvgIpc) is 3.30. The van der Waals surface area contributed by atoms with Gasteiger partial charge in [-0.05, 0) is 37.5 Å². The first-order valence-electron chi connectivity index (χ1n) is 7.81. The zero-order valence-electron chi connectivity index (χ0n) is 12.8. The highest BCUT2D eigenvalue weighted by Crippen LogP contribution is 2.38. The van der Waals surface area contributed by atoms with Crippen LogP contribution < -0.4 is 15.4 Å². The Balaban J connectivity index is 1.41. The predicted octanol–water partition coefficient (Wildman–Crippen LogP) is 2.13. The molecule has 23 heavy (non-hydrogen) atoms. The van der Waals surface area contributed by atoms with Gasteiger partial charge in [-0.15, -0.1) is 0 Å². The van der Waals surface area contributed by atoms with Gasteiger partial charge in [0.15, 0.2) is 12.4 Å². The van der Waals surface area contributed by atoms with Crippen LogP contribution in [0, 0.1) is 0 Å². The number of amides is 1. The van der Waals surface area contributed by atoms with Crippen molar-refractivity contribution in [2.75, 3.05) is 11.9 Å². The molecule has 1 fully saturated rings. The first-order chi connectivity index (χ1) is 11.2. The molecule has 1 aliphatic carbocycles. The summed E-state index contributed by atoms with van der Waals surface area (Å²) < 4.78 is 10.6. The molecule has 7 heteroatoms. The first kappa shape index (κ1) is 14.2. The maximum atomic E-state index is 11.4. The summed E-state index contributed by atoms with van der Waals surface area (Å²) in [5.41, 5.74) is 1.77. The van der Waals surface area contributed by atoms with Gasteiger partial charge in [-0.1, -0.05) is 11.2 Å². The molecule has 2 aliphatic rings. The van der Waals surface area contributed by atoms with E-state index < -0.39 is 0 Å². The molecule has 1 aromatic heterocycles. The molecule has 1 aliphatic heterocycles. The summed E-state index contributed by atoms with van der Waals surface area (Å²) in [6.45, 7) is 2.66. The van der Waals surface area contributed by atoms with E-state index >= 15 is 0 Å². The van der Waals surface area contributed by atoms with Crippen molar-refractivity contribution in [1.29, 1.82) is 0 Å². The van der Waals surface area contributed by atoms with Crippen molar-refractivity contribution < 1.29 is 14.1 Å². The van der Waals surface area contributed by atoms with Crippen LogP contribution in [0.5, 0.6) is 5.75 Å². The number of hydrogen-bond donors (Lipinski definition) is 2. The number of anilines is 1. The van der Waals surface area contributed by atoms with E-state index in [1.807, 2.05) is 18.2 Å². The summed E-state index contributed by atoms with van der Waals surface area (Å²) in [6.07, 6.45) is 2.29. The minimum atomic E-state index is -0.130. The number of nitrogens with one attached hydrogen (secondary N) is 2. The second kappa shape index (κ2) is 5.66. The van der Waals surface area contributed by atoms with Gasteiger partial charge in [0, 0.05) is 12.0 Å². The molecule has 0 spiro atoms. The highest BCUT2D eigenvalue weighted by Gasteiger charge is 2.29. The van der Waals surface area contributed by atoms with Crippen molar-refractivity contribution >= 4 is 11.6 Å². The maximum Gasteiger partial charge on any atom is 0.262 e. The Bertz CT molecular complexity index is 739. The molecule has 0 bridgehead atoms. The lowest BCUT2D eigenvalue weighted by Gasteiger charge is -2.20. The molecule has 1 atom stereocenters. The number of aromatic nitrogens is 2. The minimum absolute atomic E-state index is 0.0707. The van der Waals surface area contributed by atoms with E-state index in [-0.39, 0.29) is 18.6 Å². The minimum Gasteiger partial charge on any atom is -0.482 e. The van der Waals surface area contributed by atoms with E-state index in [0.29, 0.717) is 29.7 Å². The molecular formula is C16H18N4O3. The van der Waals surface area contributed by atoms with Crippen molar-refractivity contribution in [3.63, 3.8) is 0 Å². The molecule has 4 rings (SSSR count). The average molecular weight is 314 g/mol. The molecule has 1 unspecified atom stereocenters. The van der Waals surface area contributed by atoms with Gasteiger partial charge in [0.25, 0.3) is 5.91 Å². The fourth-order valence-corrected chi connectivity index (χ4v) is 2.57. The Hall–Kier alpha value is -2.41. The van der Waals surface area contributed by atoms with Gasteiger partial charge in [-0.25, -0.2) is 0 Å². The Kier molecular flexibility index (Phi) is 3.49. The third-order valence-corrected chi connectivity index (χ3v) is 4.11. The van der Waals surface area contributed by atoms with Crippen molar-refractivity contribution in [3.8, 4) is 5.75 Å². The highest BCUT2D eigenvalue weighted by atomic mass is 16.5. The number of ether oxygens (including phenoxy) is 1. The van der Waals surface area contributed by atoms with Gasteiger partial charge < -0.3 is 19.9 Å². The molecule has 0 radical (unpaired) electrons. The second-order valence-electron chi connectivity index (χ2n) is 6.02. The molecule has 7 nitrogen and oxygen atoms in total. The van der Waals surface area contributed by atoms with E-state index in [9.17, 15) is 4.79 Å². The summed E-state index contributed by atoms with van der Waals surface area (Å²) in [7, 11) is 0. The fraction of sp³-hybridized carbons (Fsp3) is 0.438. The van der Waals surface area contributed by atoms with Crippen LogP contribution in [0.4, 0.5) is 5.69 Å². The van der Waals surface area contributed by atoms with Crippen LogP contribution in [-0.2, 0) is 11.3 Å². The third-order valence-electron chi connectivity index (χ3n) is 4.11. The summed E-state index contributed by atoms with van der Waals surface area (Å²) >= 11 is 0. The fourth-order valence-electron chi connectivity index (χ4n) is 2.57. The van der Waals surface area contributed by atoms with Crippen molar-refractivity contribution in [2.45, 2.75) is 38.3 Å². The van der Waals surface area contributed by atoms with Gasteiger partial charge in [0.05, 0.1) is 12.2 Å². The number of benzene rings is 1. The molecule has 1 saturated carbocycles. The van der Waals surface area contributed by atoms with Crippen LogP contribution in [0.25, 0.3) is 0 Å². The number of hydrogen-bond acceptors (Lipinski definition) is 6. The van der Waals surface area contributed by atoms with Crippen LogP contribution in [0.1, 0.15) is 49.0 Å². The first-order valence-corrected chi connectivity index (χ1v) is 7.81. The monoisotopic (exact) mass is 314 g/mol. The van der Waals surface area contributed by atoms with Crippen molar-refractivity contribution in [1.82, 2.24) is 15.5 Å². The number of carbonyl (C=O) groups excluding carboxylic acids is 1. The zero-order chi connectivity index (χ0) is 15.8. The summed E-state index contributed by atoms with van der Waals surface area (Å²) in [5, 5.41) is 10.2. The van der Waals surface area contributed by atoms with Gasteiger partial charge in [0.1, 0.15) is 5.75 Å².